The first-order chi connectivity index (χ1) is 19.7. The van der Waals surface area contributed by atoms with Crippen LogP contribution in [0.2, 0.25) is 0 Å². The van der Waals surface area contributed by atoms with Crippen LogP contribution in [0.15, 0.2) is 77.8 Å². The molecular formula is C29H32N4O7S. The highest BCUT2D eigenvalue weighted by atomic mass is 32.2. The third kappa shape index (κ3) is 9.84. The van der Waals surface area contributed by atoms with Gasteiger partial charge in [0.15, 0.2) is 0 Å². The lowest BCUT2D eigenvalue weighted by Crippen LogP contribution is -2.32. The minimum absolute atomic E-state index is 0.0715. The number of esters is 1. The van der Waals surface area contributed by atoms with Crippen LogP contribution in [-0.4, -0.2) is 56.8 Å². The summed E-state index contributed by atoms with van der Waals surface area (Å²) in [6.45, 7) is 2.24. The van der Waals surface area contributed by atoms with Crippen LogP contribution in [-0.2, 0) is 26.0 Å². The first-order valence-corrected chi connectivity index (χ1v) is 14.6. The highest BCUT2D eigenvalue weighted by molar-refractivity contribution is 7.90. The van der Waals surface area contributed by atoms with Crippen molar-refractivity contribution in [1.29, 1.82) is 0 Å². The van der Waals surface area contributed by atoms with Crippen LogP contribution in [0.25, 0.3) is 0 Å². The minimum atomic E-state index is -4.24. The van der Waals surface area contributed by atoms with E-state index in [-0.39, 0.29) is 40.8 Å². The molecule has 12 heteroatoms. The van der Waals surface area contributed by atoms with Crippen molar-refractivity contribution in [2.75, 3.05) is 19.7 Å². The number of hydrogen-bond donors (Lipinski definition) is 3. The summed E-state index contributed by atoms with van der Waals surface area (Å²) in [5.41, 5.74) is 1.35. The highest BCUT2D eigenvalue weighted by Crippen LogP contribution is 2.12. The smallest absolute Gasteiger partial charge is 0.325 e. The van der Waals surface area contributed by atoms with Gasteiger partial charge in [0.05, 0.1) is 17.1 Å². The van der Waals surface area contributed by atoms with Crippen molar-refractivity contribution in [3.8, 4) is 0 Å². The van der Waals surface area contributed by atoms with E-state index in [9.17, 15) is 27.6 Å². The van der Waals surface area contributed by atoms with Crippen LogP contribution in [0.5, 0.6) is 0 Å². The Bertz CT molecular complexity index is 1440. The zero-order valence-electron chi connectivity index (χ0n) is 22.6. The monoisotopic (exact) mass is 580 g/mol. The summed E-state index contributed by atoms with van der Waals surface area (Å²) < 4.78 is 32.2. The molecule has 0 fully saturated rings. The second-order valence-electron chi connectivity index (χ2n) is 8.99. The molecule has 0 atom stereocenters. The summed E-state index contributed by atoms with van der Waals surface area (Å²) in [5, 5.41) is 5.16. The quantitative estimate of drug-likeness (QED) is 0.194. The Morgan fingerprint density at radius 2 is 1.51 bits per heavy atom. The lowest BCUT2D eigenvalue weighted by atomic mass is 10.1. The maximum Gasteiger partial charge on any atom is 0.325 e. The molecule has 2 aromatic carbocycles. The van der Waals surface area contributed by atoms with Gasteiger partial charge in [0.1, 0.15) is 12.2 Å². The number of hydrogen-bond acceptors (Lipinski definition) is 8. The van der Waals surface area contributed by atoms with Crippen LogP contribution in [0, 0.1) is 0 Å². The molecule has 1 heterocycles. The lowest BCUT2D eigenvalue weighted by molar-refractivity contribution is -0.142. The average Bonchev–Trinajstić information content (AvgIpc) is 2.99. The lowest BCUT2D eigenvalue weighted by Gasteiger charge is -2.09. The molecule has 0 saturated heterocycles. The Kier molecular flexibility index (Phi) is 11.5. The molecule has 0 bridgehead atoms. The Morgan fingerprint density at radius 3 is 2.17 bits per heavy atom. The molecule has 3 amide bonds. The summed E-state index contributed by atoms with van der Waals surface area (Å²) in [7, 11) is -4.24. The third-order valence-electron chi connectivity index (χ3n) is 5.79. The molecule has 0 spiro atoms. The predicted octanol–water partition coefficient (Wildman–Crippen LogP) is 2.64. The second kappa shape index (κ2) is 15.3. The molecule has 0 unspecified atom stereocenters. The number of aromatic nitrogens is 1. The van der Waals surface area contributed by atoms with Gasteiger partial charge in [-0.1, -0.05) is 37.3 Å². The summed E-state index contributed by atoms with van der Waals surface area (Å²) >= 11 is 0. The number of carbonyl (C=O) groups excluding carboxylic acids is 4. The number of rotatable bonds is 14. The molecule has 3 N–H and O–H groups in total. The number of pyridine rings is 1. The van der Waals surface area contributed by atoms with E-state index >= 15 is 0 Å². The van der Waals surface area contributed by atoms with Gasteiger partial charge in [-0.05, 0) is 67.6 Å². The number of nitrogens with one attached hydrogen (secondary N) is 3. The fraction of sp³-hybridized carbons (Fsp3) is 0.276. The summed E-state index contributed by atoms with van der Waals surface area (Å²) in [6, 6.07) is 17.7. The number of benzene rings is 2. The van der Waals surface area contributed by atoms with Gasteiger partial charge in [-0.2, -0.15) is 0 Å². The zero-order chi connectivity index (χ0) is 29.7. The number of ether oxygens (including phenoxy) is 1. The molecule has 0 saturated carbocycles. The van der Waals surface area contributed by atoms with E-state index in [2.05, 4.69) is 27.8 Å². The fourth-order valence-corrected chi connectivity index (χ4v) is 4.57. The first-order valence-electron chi connectivity index (χ1n) is 13.1. The number of carbonyl (C=O) groups is 4. The van der Waals surface area contributed by atoms with Crippen molar-refractivity contribution in [1.82, 2.24) is 20.3 Å². The number of sulfonamides is 1. The summed E-state index contributed by atoms with van der Waals surface area (Å²) in [4.78, 5) is 52.2. The molecule has 11 nitrogen and oxygen atoms in total. The normalized spacial score (nSPS) is 10.9. The number of amides is 3. The molecule has 41 heavy (non-hydrogen) atoms. The van der Waals surface area contributed by atoms with Crippen LogP contribution in [0.1, 0.15) is 63.0 Å². The van der Waals surface area contributed by atoms with Crippen molar-refractivity contribution >= 4 is 33.7 Å². The van der Waals surface area contributed by atoms with Crippen LogP contribution < -0.4 is 15.4 Å². The van der Waals surface area contributed by atoms with E-state index in [1.807, 2.05) is 29.8 Å². The van der Waals surface area contributed by atoms with E-state index in [4.69, 9.17) is 4.74 Å². The van der Waals surface area contributed by atoms with Gasteiger partial charge in [0.25, 0.3) is 27.7 Å². The van der Waals surface area contributed by atoms with Crippen molar-refractivity contribution in [3.63, 3.8) is 0 Å². The van der Waals surface area contributed by atoms with Crippen molar-refractivity contribution < 1.29 is 32.3 Å². The van der Waals surface area contributed by atoms with Crippen LogP contribution in [0.3, 0.4) is 0 Å². The molecule has 216 valence electrons. The maximum atomic E-state index is 12.7. The molecule has 0 aliphatic rings. The van der Waals surface area contributed by atoms with Crippen LogP contribution >= 0.6 is 0 Å². The molecule has 1 aromatic heterocycles. The molecular weight excluding hydrogens is 548 g/mol. The van der Waals surface area contributed by atoms with E-state index in [0.29, 0.717) is 13.0 Å². The van der Waals surface area contributed by atoms with Gasteiger partial charge in [-0.3, -0.25) is 24.2 Å². The largest absolute Gasteiger partial charge is 0.464 e. The predicted molar refractivity (Wildman–Crippen MR) is 151 cm³/mol. The van der Waals surface area contributed by atoms with E-state index in [1.165, 1.54) is 42.0 Å². The van der Waals surface area contributed by atoms with Crippen molar-refractivity contribution in [3.05, 3.63) is 95.3 Å². The Labute approximate surface area is 238 Å². The Balaban J connectivity index is 1.47. The highest BCUT2D eigenvalue weighted by Gasteiger charge is 2.20. The Hall–Kier alpha value is -4.58. The summed E-state index contributed by atoms with van der Waals surface area (Å²) in [5.74, 6) is -2.53. The van der Waals surface area contributed by atoms with Gasteiger partial charge in [-0.25, -0.2) is 13.1 Å². The van der Waals surface area contributed by atoms with Crippen LogP contribution in [0.4, 0.5) is 0 Å². The van der Waals surface area contributed by atoms with E-state index in [0.717, 1.165) is 25.5 Å². The van der Waals surface area contributed by atoms with Gasteiger partial charge >= 0.3 is 5.97 Å². The molecule has 0 radical (unpaired) electrons. The zero-order valence-corrected chi connectivity index (χ0v) is 23.4. The molecule has 3 aromatic rings. The molecule has 0 aliphatic carbocycles. The van der Waals surface area contributed by atoms with Gasteiger partial charge < -0.3 is 15.4 Å². The minimum Gasteiger partial charge on any atom is -0.464 e. The van der Waals surface area contributed by atoms with Gasteiger partial charge in [0, 0.05) is 18.3 Å². The second-order valence-corrected chi connectivity index (χ2v) is 10.7. The van der Waals surface area contributed by atoms with E-state index < -0.39 is 27.8 Å². The van der Waals surface area contributed by atoms with Crippen molar-refractivity contribution in [2.45, 2.75) is 37.5 Å². The Morgan fingerprint density at radius 1 is 0.805 bits per heavy atom. The standard InChI is InChI=1S/C29H32N4O7S/c1-2-18-40-26(34)20-32-29(37)25-16-13-23(19-31-25)28(36)33-41(38,39)24-14-11-22(12-15-24)27(35)30-17-7-6-10-21-8-4-3-5-9-21/h3-5,8-9,11-16,19H,2,6-7,10,17-18,20H2,1H3,(H,30,35)(H,32,37)(H,33,36). The topological polar surface area (TPSA) is 161 Å². The number of unbranched alkanes of at least 4 members (excludes halogenated alkanes) is 1. The fourth-order valence-electron chi connectivity index (χ4n) is 3.60. The first kappa shape index (κ1) is 31.0. The van der Waals surface area contributed by atoms with Gasteiger partial charge in [-0.15, -0.1) is 0 Å². The maximum absolute atomic E-state index is 12.7. The third-order valence-corrected chi connectivity index (χ3v) is 7.14. The van der Waals surface area contributed by atoms with E-state index in [1.54, 1.807) is 0 Å². The SMILES string of the molecule is CCCOC(=O)CNC(=O)c1ccc(C(=O)NS(=O)(=O)c2ccc(C(=O)NCCCCc3ccccc3)cc2)cn1. The summed E-state index contributed by atoms with van der Waals surface area (Å²) in [6.07, 6.45) is 4.33. The van der Waals surface area contributed by atoms with Crippen molar-refractivity contribution in [2.24, 2.45) is 0 Å². The molecule has 3 rings (SSSR count). The van der Waals surface area contributed by atoms with Gasteiger partial charge in [0.2, 0.25) is 0 Å². The molecule has 0 aliphatic heterocycles. The number of nitrogens with zero attached hydrogens (tertiary/aromatic N) is 1. The number of aryl methyl sites for hydroxylation is 1. The average molecular weight is 581 g/mol.